The molecule has 108 valence electrons. The first-order chi connectivity index (χ1) is 9.36. The van der Waals surface area contributed by atoms with Gasteiger partial charge in [-0.25, -0.2) is 8.42 Å². The van der Waals surface area contributed by atoms with E-state index in [1.807, 2.05) is 0 Å². The van der Waals surface area contributed by atoms with Gasteiger partial charge in [0, 0.05) is 19.2 Å². The van der Waals surface area contributed by atoms with Crippen molar-refractivity contribution in [2.45, 2.75) is 30.3 Å². The molecule has 2 rings (SSSR count). The maximum Gasteiger partial charge on any atom is 0.242 e. The lowest BCUT2D eigenvalue weighted by Gasteiger charge is -2.11. The molecule has 20 heavy (non-hydrogen) atoms. The second-order valence-electron chi connectivity index (χ2n) is 4.79. The fourth-order valence-corrected chi connectivity index (χ4v) is 2.61. The third-order valence-corrected chi connectivity index (χ3v) is 4.26. The lowest BCUT2D eigenvalue weighted by Crippen LogP contribution is -2.41. The average molecular weight is 296 g/mol. The van der Waals surface area contributed by atoms with Gasteiger partial charge in [-0.1, -0.05) is 12.1 Å². The van der Waals surface area contributed by atoms with Crippen molar-refractivity contribution in [3.05, 3.63) is 29.8 Å². The molecule has 0 radical (unpaired) electrons. The van der Waals surface area contributed by atoms with E-state index >= 15 is 0 Å². The van der Waals surface area contributed by atoms with Crippen LogP contribution in [0.15, 0.2) is 29.2 Å². The maximum atomic E-state index is 11.8. The van der Waals surface area contributed by atoms with Gasteiger partial charge in [-0.2, -0.15) is 0 Å². The molecule has 2 amide bonds. The van der Waals surface area contributed by atoms with E-state index in [1.165, 1.54) is 12.1 Å². The molecule has 1 aliphatic rings. The van der Waals surface area contributed by atoms with Crippen molar-refractivity contribution in [1.82, 2.24) is 10.6 Å². The number of hydrogen-bond donors (Lipinski definition) is 2. The summed E-state index contributed by atoms with van der Waals surface area (Å²) in [5.41, 5.74) is 0.801. The lowest BCUT2D eigenvalue weighted by molar-refractivity contribution is -0.125. The van der Waals surface area contributed by atoms with Crippen LogP contribution in [0.2, 0.25) is 0 Å². The van der Waals surface area contributed by atoms with Crippen LogP contribution in [-0.2, 0) is 26.0 Å². The molecular formula is C13H16N2O4S. The van der Waals surface area contributed by atoms with E-state index in [2.05, 4.69) is 10.6 Å². The number of carbonyl (C=O) groups excluding carboxylic acids is 2. The Balaban J connectivity index is 1.91. The zero-order valence-electron chi connectivity index (χ0n) is 11.0. The molecule has 0 saturated carbocycles. The molecule has 6 nitrogen and oxygen atoms in total. The average Bonchev–Trinajstić information content (AvgIpc) is 2.82. The molecule has 1 aromatic carbocycles. The number of nitrogens with one attached hydrogen (secondary N) is 2. The van der Waals surface area contributed by atoms with E-state index in [-0.39, 0.29) is 16.7 Å². The Morgan fingerprint density at radius 3 is 2.50 bits per heavy atom. The highest BCUT2D eigenvalue weighted by Crippen LogP contribution is 2.11. The van der Waals surface area contributed by atoms with E-state index < -0.39 is 15.9 Å². The minimum Gasteiger partial charge on any atom is -0.350 e. The fraction of sp³-hybridized carbons (Fsp3) is 0.385. The highest BCUT2D eigenvalue weighted by molar-refractivity contribution is 7.90. The van der Waals surface area contributed by atoms with Crippen LogP contribution < -0.4 is 10.6 Å². The smallest absolute Gasteiger partial charge is 0.242 e. The summed E-state index contributed by atoms with van der Waals surface area (Å²) >= 11 is 0. The molecule has 1 unspecified atom stereocenters. The summed E-state index contributed by atoms with van der Waals surface area (Å²) in [6.07, 6.45) is 2.03. The van der Waals surface area contributed by atoms with E-state index in [0.29, 0.717) is 19.4 Å². The topological polar surface area (TPSA) is 92.3 Å². The highest BCUT2D eigenvalue weighted by Gasteiger charge is 2.26. The van der Waals surface area contributed by atoms with Gasteiger partial charge in [0.25, 0.3) is 0 Å². The van der Waals surface area contributed by atoms with Gasteiger partial charge in [-0.3, -0.25) is 9.59 Å². The van der Waals surface area contributed by atoms with Crippen molar-refractivity contribution in [2.24, 2.45) is 0 Å². The zero-order chi connectivity index (χ0) is 14.8. The summed E-state index contributed by atoms with van der Waals surface area (Å²) < 4.78 is 22.6. The standard InChI is InChI=1S/C13H16N2O4S/c1-20(18,19)10-4-2-9(3-5-10)8-14-13(17)11-6-7-12(16)15-11/h2-5,11H,6-8H2,1H3,(H,14,17)(H,15,16). The normalized spacial score (nSPS) is 18.6. The number of hydrogen-bond acceptors (Lipinski definition) is 4. The van der Waals surface area contributed by atoms with Crippen LogP contribution >= 0.6 is 0 Å². The van der Waals surface area contributed by atoms with Crippen LogP contribution in [0, 0.1) is 0 Å². The molecule has 2 N–H and O–H groups in total. The van der Waals surface area contributed by atoms with Crippen molar-refractivity contribution < 1.29 is 18.0 Å². The number of carbonyl (C=O) groups is 2. The Bertz CT molecular complexity index is 622. The lowest BCUT2D eigenvalue weighted by atomic mass is 10.2. The molecule has 1 fully saturated rings. The van der Waals surface area contributed by atoms with Crippen LogP contribution in [-0.4, -0.2) is 32.5 Å². The van der Waals surface area contributed by atoms with Crippen LogP contribution in [0.4, 0.5) is 0 Å². The Morgan fingerprint density at radius 2 is 2.00 bits per heavy atom. The summed E-state index contributed by atoms with van der Waals surface area (Å²) in [6, 6.07) is 5.87. The predicted molar refractivity (Wildman–Crippen MR) is 72.6 cm³/mol. The monoisotopic (exact) mass is 296 g/mol. The Kier molecular flexibility index (Phi) is 4.08. The Hall–Kier alpha value is -1.89. The number of benzene rings is 1. The van der Waals surface area contributed by atoms with Crippen molar-refractivity contribution in [2.75, 3.05) is 6.26 Å². The Labute approximate surface area is 117 Å². The van der Waals surface area contributed by atoms with Gasteiger partial charge < -0.3 is 10.6 Å². The van der Waals surface area contributed by atoms with E-state index in [1.54, 1.807) is 12.1 Å². The SMILES string of the molecule is CS(=O)(=O)c1ccc(CNC(=O)C2CCC(=O)N2)cc1. The zero-order valence-corrected chi connectivity index (χ0v) is 11.9. The van der Waals surface area contributed by atoms with E-state index in [0.717, 1.165) is 11.8 Å². The summed E-state index contributed by atoms with van der Waals surface area (Å²) in [5.74, 6) is -0.328. The molecular weight excluding hydrogens is 280 g/mol. The summed E-state index contributed by atoms with van der Waals surface area (Å²) in [5, 5.41) is 5.31. The molecule has 1 aliphatic heterocycles. The van der Waals surface area contributed by atoms with Gasteiger partial charge in [0.1, 0.15) is 6.04 Å². The number of amides is 2. The third kappa shape index (κ3) is 3.57. The van der Waals surface area contributed by atoms with Gasteiger partial charge >= 0.3 is 0 Å². The summed E-state index contributed by atoms with van der Waals surface area (Å²) in [6.45, 7) is 0.301. The molecule has 7 heteroatoms. The molecule has 0 spiro atoms. The van der Waals surface area contributed by atoms with Crippen LogP contribution in [0.5, 0.6) is 0 Å². The molecule has 0 bridgehead atoms. The van der Waals surface area contributed by atoms with Gasteiger partial charge in [0.15, 0.2) is 9.84 Å². The second kappa shape index (κ2) is 5.62. The first-order valence-electron chi connectivity index (χ1n) is 6.22. The molecule has 1 heterocycles. The van der Waals surface area contributed by atoms with E-state index in [4.69, 9.17) is 0 Å². The van der Waals surface area contributed by atoms with E-state index in [9.17, 15) is 18.0 Å². The van der Waals surface area contributed by atoms with Crippen LogP contribution in [0.3, 0.4) is 0 Å². The second-order valence-corrected chi connectivity index (χ2v) is 6.81. The fourth-order valence-electron chi connectivity index (χ4n) is 1.98. The quantitative estimate of drug-likeness (QED) is 0.817. The molecule has 1 saturated heterocycles. The summed E-state index contributed by atoms with van der Waals surface area (Å²) in [7, 11) is -3.20. The first kappa shape index (κ1) is 14.5. The number of sulfone groups is 1. The van der Waals surface area contributed by atoms with Gasteiger partial charge in [-0.15, -0.1) is 0 Å². The van der Waals surface area contributed by atoms with Gasteiger partial charge in [0.05, 0.1) is 4.90 Å². The van der Waals surface area contributed by atoms with Gasteiger partial charge in [-0.05, 0) is 24.1 Å². The van der Waals surface area contributed by atoms with Crippen molar-refractivity contribution >= 4 is 21.7 Å². The molecule has 1 atom stereocenters. The minimum absolute atomic E-state index is 0.109. The van der Waals surface area contributed by atoms with Gasteiger partial charge in [0.2, 0.25) is 11.8 Å². The highest BCUT2D eigenvalue weighted by atomic mass is 32.2. The Morgan fingerprint density at radius 1 is 1.35 bits per heavy atom. The minimum atomic E-state index is -3.20. The predicted octanol–water partition coefficient (Wildman–Crippen LogP) is -0.0151. The van der Waals surface area contributed by atoms with Crippen LogP contribution in [0.1, 0.15) is 18.4 Å². The van der Waals surface area contributed by atoms with Crippen molar-refractivity contribution in [3.63, 3.8) is 0 Å². The molecule has 0 aromatic heterocycles. The molecule has 1 aromatic rings. The first-order valence-corrected chi connectivity index (χ1v) is 8.11. The molecule has 0 aliphatic carbocycles. The van der Waals surface area contributed by atoms with Crippen LogP contribution in [0.25, 0.3) is 0 Å². The third-order valence-electron chi connectivity index (χ3n) is 3.13. The van der Waals surface area contributed by atoms with Crippen molar-refractivity contribution in [1.29, 1.82) is 0 Å². The van der Waals surface area contributed by atoms with Crippen molar-refractivity contribution in [3.8, 4) is 0 Å². The number of rotatable bonds is 4. The summed E-state index contributed by atoms with van der Waals surface area (Å²) in [4.78, 5) is 23.0. The maximum absolute atomic E-state index is 11.8. The largest absolute Gasteiger partial charge is 0.350 e.